The number of methoxy groups -OCH3 is 1. The zero-order valence-electron chi connectivity index (χ0n) is 18.3. The van der Waals surface area contributed by atoms with Crippen LogP contribution in [0.1, 0.15) is 30.6 Å². The number of carbonyl (C=O) groups excluding carboxylic acids is 2. The lowest BCUT2D eigenvalue weighted by molar-refractivity contribution is -0.134. The van der Waals surface area contributed by atoms with Crippen molar-refractivity contribution >= 4 is 29.1 Å². The van der Waals surface area contributed by atoms with Gasteiger partial charge in [0, 0.05) is 36.8 Å². The SMILES string of the molecule is CCC(C)C(NC(=O)c1ccc(Cl)cc1)C(=O)N1CCN(c2ccccc2OC)CC1. The first-order valence-electron chi connectivity index (χ1n) is 10.7. The molecule has 0 radical (unpaired) electrons. The summed E-state index contributed by atoms with van der Waals surface area (Å²) in [6.07, 6.45) is 0.790. The second-order valence-corrected chi connectivity index (χ2v) is 8.26. The summed E-state index contributed by atoms with van der Waals surface area (Å²) in [5.41, 5.74) is 1.53. The van der Waals surface area contributed by atoms with Crippen LogP contribution in [0.15, 0.2) is 48.5 Å². The van der Waals surface area contributed by atoms with E-state index in [2.05, 4.69) is 10.2 Å². The van der Waals surface area contributed by atoms with E-state index in [-0.39, 0.29) is 17.7 Å². The third kappa shape index (κ3) is 5.50. The molecule has 7 heteroatoms. The molecule has 2 amide bonds. The number of hydrogen-bond acceptors (Lipinski definition) is 4. The van der Waals surface area contributed by atoms with E-state index in [4.69, 9.17) is 16.3 Å². The Morgan fingerprint density at radius 3 is 2.32 bits per heavy atom. The highest BCUT2D eigenvalue weighted by molar-refractivity contribution is 6.30. The highest BCUT2D eigenvalue weighted by Gasteiger charge is 2.32. The van der Waals surface area contributed by atoms with E-state index in [1.54, 1.807) is 31.4 Å². The Bertz CT molecular complexity index is 895. The molecule has 0 aromatic heterocycles. The molecule has 0 saturated carbocycles. The highest BCUT2D eigenvalue weighted by Crippen LogP contribution is 2.28. The minimum absolute atomic E-state index is 0.0241. The third-order valence-electron chi connectivity index (χ3n) is 5.89. The summed E-state index contributed by atoms with van der Waals surface area (Å²) in [4.78, 5) is 30.1. The van der Waals surface area contributed by atoms with Crippen LogP contribution in [-0.2, 0) is 4.79 Å². The summed E-state index contributed by atoms with van der Waals surface area (Å²) < 4.78 is 5.47. The fraction of sp³-hybridized carbons (Fsp3) is 0.417. The minimum Gasteiger partial charge on any atom is -0.495 e. The normalized spacial score (nSPS) is 15.9. The van der Waals surface area contributed by atoms with E-state index >= 15 is 0 Å². The lowest BCUT2D eigenvalue weighted by Crippen LogP contribution is -2.56. The van der Waals surface area contributed by atoms with Crippen molar-refractivity contribution in [2.45, 2.75) is 26.3 Å². The number of ether oxygens (including phenoxy) is 1. The molecule has 166 valence electrons. The van der Waals surface area contributed by atoms with E-state index in [0.29, 0.717) is 36.8 Å². The molecule has 0 bridgehead atoms. The molecule has 0 spiro atoms. The van der Waals surface area contributed by atoms with Gasteiger partial charge in [0.2, 0.25) is 5.91 Å². The van der Waals surface area contributed by atoms with Gasteiger partial charge in [0.25, 0.3) is 5.91 Å². The predicted octanol–water partition coefficient (Wildman–Crippen LogP) is 3.84. The molecule has 2 atom stereocenters. The molecule has 2 aromatic carbocycles. The van der Waals surface area contributed by atoms with Gasteiger partial charge in [-0.15, -0.1) is 0 Å². The van der Waals surface area contributed by atoms with Crippen LogP contribution in [0.3, 0.4) is 0 Å². The van der Waals surface area contributed by atoms with Gasteiger partial charge in [-0.05, 0) is 42.3 Å². The molecule has 3 rings (SSSR count). The topological polar surface area (TPSA) is 61.9 Å². The molecule has 1 saturated heterocycles. The summed E-state index contributed by atoms with van der Waals surface area (Å²) in [6.45, 7) is 6.64. The number of amides is 2. The molecule has 0 aliphatic carbocycles. The second-order valence-electron chi connectivity index (χ2n) is 7.83. The molecular formula is C24H30ClN3O3. The number of para-hydroxylation sites is 2. The summed E-state index contributed by atoms with van der Waals surface area (Å²) in [7, 11) is 1.67. The Kier molecular flexibility index (Phi) is 7.80. The van der Waals surface area contributed by atoms with Crippen LogP contribution in [0.25, 0.3) is 0 Å². The van der Waals surface area contributed by atoms with Crippen LogP contribution in [-0.4, -0.2) is 56.0 Å². The van der Waals surface area contributed by atoms with E-state index in [1.165, 1.54) is 0 Å². The Morgan fingerprint density at radius 1 is 1.06 bits per heavy atom. The zero-order chi connectivity index (χ0) is 22.4. The molecule has 2 aromatic rings. The molecule has 1 N–H and O–H groups in total. The molecule has 1 fully saturated rings. The Balaban J connectivity index is 1.67. The molecule has 6 nitrogen and oxygen atoms in total. The van der Waals surface area contributed by atoms with Gasteiger partial charge in [-0.2, -0.15) is 0 Å². The monoisotopic (exact) mass is 443 g/mol. The number of carbonyl (C=O) groups is 2. The number of anilines is 1. The quantitative estimate of drug-likeness (QED) is 0.706. The van der Waals surface area contributed by atoms with E-state index < -0.39 is 6.04 Å². The first-order valence-corrected chi connectivity index (χ1v) is 11.1. The average molecular weight is 444 g/mol. The molecule has 1 heterocycles. The van der Waals surface area contributed by atoms with Gasteiger partial charge in [0.15, 0.2) is 0 Å². The van der Waals surface area contributed by atoms with Gasteiger partial charge in [0.05, 0.1) is 12.8 Å². The van der Waals surface area contributed by atoms with Gasteiger partial charge in [-0.25, -0.2) is 0 Å². The standard InChI is InChI=1S/C24H30ClN3O3/c1-4-17(2)22(26-23(29)18-9-11-19(25)12-10-18)24(30)28-15-13-27(14-16-28)20-7-5-6-8-21(20)31-3/h5-12,17,22H,4,13-16H2,1-3H3,(H,26,29). The summed E-state index contributed by atoms with van der Waals surface area (Å²) in [5, 5.41) is 3.52. The maximum absolute atomic E-state index is 13.3. The van der Waals surface area contributed by atoms with Crippen molar-refractivity contribution in [1.29, 1.82) is 0 Å². The van der Waals surface area contributed by atoms with Gasteiger partial charge in [-0.1, -0.05) is 44.0 Å². The molecule has 2 unspecified atom stereocenters. The van der Waals surface area contributed by atoms with Crippen LogP contribution >= 0.6 is 11.6 Å². The molecular weight excluding hydrogens is 414 g/mol. The van der Waals surface area contributed by atoms with Crippen LogP contribution < -0.4 is 15.0 Å². The summed E-state index contributed by atoms with van der Waals surface area (Å²) in [6, 6.07) is 14.0. The number of nitrogens with one attached hydrogen (secondary N) is 1. The number of nitrogens with zero attached hydrogens (tertiary/aromatic N) is 2. The smallest absolute Gasteiger partial charge is 0.251 e. The first-order chi connectivity index (χ1) is 14.9. The number of benzene rings is 2. The maximum Gasteiger partial charge on any atom is 0.251 e. The van der Waals surface area contributed by atoms with Gasteiger partial charge < -0.3 is 19.9 Å². The van der Waals surface area contributed by atoms with Gasteiger partial charge >= 0.3 is 0 Å². The lowest BCUT2D eigenvalue weighted by atomic mass is 9.97. The van der Waals surface area contributed by atoms with Crippen LogP contribution in [0.2, 0.25) is 5.02 Å². The van der Waals surface area contributed by atoms with Crippen molar-refractivity contribution in [2.75, 3.05) is 38.2 Å². The number of halogens is 1. The first kappa shape index (κ1) is 22.9. The predicted molar refractivity (Wildman–Crippen MR) is 124 cm³/mol. The maximum atomic E-state index is 13.3. The molecule has 1 aliphatic rings. The van der Waals surface area contributed by atoms with Gasteiger partial charge in [-0.3, -0.25) is 9.59 Å². The lowest BCUT2D eigenvalue weighted by Gasteiger charge is -2.39. The van der Waals surface area contributed by atoms with Crippen molar-refractivity contribution in [3.8, 4) is 5.75 Å². The van der Waals surface area contributed by atoms with Crippen LogP contribution in [0.5, 0.6) is 5.75 Å². The summed E-state index contributed by atoms with van der Waals surface area (Å²) in [5.74, 6) is 0.560. The fourth-order valence-electron chi connectivity index (χ4n) is 3.76. The van der Waals surface area contributed by atoms with Crippen molar-refractivity contribution in [3.05, 3.63) is 59.1 Å². The van der Waals surface area contributed by atoms with Crippen molar-refractivity contribution in [3.63, 3.8) is 0 Å². The average Bonchev–Trinajstić information content (AvgIpc) is 2.82. The fourth-order valence-corrected chi connectivity index (χ4v) is 3.89. The van der Waals surface area contributed by atoms with Crippen LogP contribution in [0.4, 0.5) is 5.69 Å². The Hall–Kier alpha value is -2.73. The van der Waals surface area contributed by atoms with Crippen molar-refractivity contribution in [1.82, 2.24) is 10.2 Å². The van der Waals surface area contributed by atoms with Crippen molar-refractivity contribution in [2.24, 2.45) is 5.92 Å². The Morgan fingerprint density at radius 2 is 1.71 bits per heavy atom. The molecule has 31 heavy (non-hydrogen) atoms. The summed E-state index contributed by atoms with van der Waals surface area (Å²) >= 11 is 5.92. The Labute approximate surface area is 189 Å². The highest BCUT2D eigenvalue weighted by atomic mass is 35.5. The van der Waals surface area contributed by atoms with Crippen molar-refractivity contribution < 1.29 is 14.3 Å². The van der Waals surface area contributed by atoms with Crippen LogP contribution in [0, 0.1) is 5.92 Å². The number of piperazine rings is 1. The third-order valence-corrected chi connectivity index (χ3v) is 6.14. The molecule has 1 aliphatic heterocycles. The number of rotatable bonds is 7. The number of hydrogen-bond donors (Lipinski definition) is 1. The zero-order valence-corrected chi connectivity index (χ0v) is 19.1. The van der Waals surface area contributed by atoms with E-state index in [9.17, 15) is 9.59 Å². The minimum atomic E-state index is -0.564. The second kappa shape index (κ2) is 10.5. The van der Waals surface area contributed by atoms with Gasteiger partial charge in [0.1, 0.15) is 11.8 Å². The van der Waals surface area contributed by atoms with E-state index in [0.717, 1.165) is 17.9 Å². The largest absolute Gasteiger partial charge is 0.495 e. The van der Waals surface area contributed by atoms with E-state index in [1.807, 2.05) is 43.0 Å².